The summed E-state index contributed by atoms with van der Waals surface area (Å²) in [4.78, 5) is 23.2. The molecule has 0 aliphatic rings. The molecule has 10 heteroatoms. The standard InChI is InChI=1S/C15H15F3N4O3/c1-9-12(15(16,17)18)21-22-13(9)20-11(23)7-19-14(24)25-8-10-5-3-2-4-6-10/h2-6H,7-8H2,1H3,(H,19,24)(H2,20,21,22,23). The Balaban J connectivity index is 1.79. The maximum Gasteiger partial charge on any atom is 0.433 e. The van der Waals surface area contributed by atoms with Crippen molar-refractivity contribution in [1.82, 2.24) is 15.5 Å². The van der Waals surface area contributed by atoms with E-state index in [4.69, 9.17) is 4.74 Å². The van der Waals surface area contributed by atoms with Gasteiger partial charge in [0.05, 0.1) is 0 Å². The molecule has 0 unspecified atom stereocenters. The van der Waals surface area contributed by atoms with Gasteiger partial charge in [0, 0.05) is 5.56 Å². The summed E-state index contributed by atoms with van der Waals surface area (Å²) in [7, 11) is 0. The lowest BCUT2D eigenvalue weighted by Gasteiger charge is -2.08. The molecule has 0 atom stereocenters. The minimum absolute atomic E-state index is 0.0295. The third-order valence-corrected chi connectivity index (χ3v) is 3.16. The molecule has 0 radical (unpaired) electrons. The highest BCUT2D eigenvalue weighted by atomic mass is 19.4. The second-order valence-electron chi connectivity index (χ2n) is 5.03. The molecule has 1 aromatic carbocycles. The molecule has 0 fully saturated rings. The van der Waals surface area contributed by atoms with Gasteiger partial charge in [0.1, 0.15) is 18.8 Å². The smallest absolute Gasteiger partial charge is 0.433 e. The zero-order valence-electron chi connectivity index (χ0n) is 13.1. The molecule has 0 saturated carbocycles. The minimum Gasteiger partial charge on any atom is -0.445 e. The van der Waals surface area contributed by atoms with Gasteiger partial charge in [0.15, 0.2) is 5.82 Å². The highest BCUT2D eigenvalue weighted by Crippen LogP contribution is 2.32. The van der Waals surface area contributed by atoms with Crippen LogP contribution in [0, 0.1) is 6.92 Å². The summed E-state index contributed by atoms with van der Waals surface area (Å²) < 4.78 is 42.8. The molecule has 7 nitrogen and oxygen atoms in total. The van der Waals surface area contributed by atoms with E-state index in [1.165, 1.54) is 6.92 Å². The Kier molecular flexibility index (Phi) is 5.63. The van der Waals surface area contributed by atoms with E-state index in [1.54, 1.807) is 24.3 Å². The molecule has 0 aliphatic carbocycles. The van der Waals surface area contributed by atoms with Crippen molar-refractivity contribution >= 4 is 17.8 Å². The molecule has 2 rings (SSSR count). The van der Waals surface area contributed by atoms with Crippen LogP contribution in [0.3, 0.4) is 0 Å². The van der Waals surface area contributed by atoms with E-state index < -0.39 is 30.4 Å². The second kappa shape index (κ2) is 7.69. The number of carbonyl (C=O) groups excluding carboxylic acids is 2. The topological polar surface area (TPSA) is 96.1 Å². The molecule has 0 aliphatic heterocycles. The van der Waals surface area contributed by atoms with Crippen LogP contribution in [0.25, 0.3) is 0 Å². The summed E-state index contributed by atoms with van der Waals surface area (Å²) >= 11 is 0. The quantitative estimate of drug-likeness (QED) is 0.767. The minimum atomic E-state index is -4.60. The third kappa shape index (κ3) is 5.23. The van der Waals surface area contributed by atoms with Crippen molar-refractivity contribution in [1.29, 1.82) is 0 Å². The summed E-state index contributed by atoms with van der Waals surface area (Å²) in [5, 5.41) is 9.60. The predicted octanol–water partition coefficient (Wildman–Crippen LogP) is 2.60. The van der Waals surface area contributed by atoms with Gasteiger partial charge in [0.2, 0.25) is 5.91 Å². The number of halogens is 3. The van der Waals surface area contributed by atoms with E-state index >= 15 is 0 Å². The maximum absolute atomic E-state index is 12.6. The van der Waals surface area contributed by atoms with E-state index in [0.717, 1.165) is 5.56 Å². The number of anilines is 1. The largest absolute Gasteiger partial charge is 0.445 e. The van der Waals surface area contributed by atoms with Gasteiger partial charge in [-0.25, -0.2) is 4.79 Å². The molecule has 0 saturated heterocycles. The van der Waals surface area contributed by atoms with Crippen LogP contribution in [0.5, 0.6) is 0 Å². The van der Waals surface area contributed by atoms with Crippen LogP contribution in [-0.4, -0.2) is 28.7 Å². The number of hydrogen-bond acceptors (Lipinski definition) is 4. The first kappa shape index (κ1) is 18.3. The number of amides is 2. The molecule has 2 aromatic rings. The average molecular weight is 356 g/mol. The lowest BCUT2D eigenvalue weighted by molar-refractivity contribution is -0.141. The summed E-state index contributed by atoms with van der Waals surface area (Å²) in [6.07, 6.45) is -5.42. The number of alkyl halides is 3. The third-order valence-electron chi connectivity index (χ3n) is 3.16. The molecule has 25 heavy (non-hydrogen) atoms. The molecule has 1 aromatic heterocycles. The highest BCUT2D eigenvalue weighted by molar-refractivity contribution is 5.93. The van der Waals surface area contributed by atoms with E-state index in [9.17, 15) is 22.8 Å². The molecule has 0 bridgehead atoms. The van der Waals surface area contributed by atoms with Crippen LogP contribution in [0.4, 0.5) is 23.8 Å². The fraction of sp³-hybridized carbons (Fsp3) is 0.267. The first-order valence-corrected chi connectivity index (χ1v) is 7.14. The normalized spacial score (nSPS) is 11.0. The Labute approximate surface area is 140 Å². The molecule has 2 amide bonds. The van der Waals surface area contributed by atoms with Crippen LogP contribution in [0.2, 0.25) is 0 Å². The van der Waals surface area contributed by atoms with Gasteiger partial charge in [-0.1, -0.05) is 30.3 Å². The Bertz CT molecular complexity index is 744. The Morgan fingerprint density at radius 1 is 1.24 bits per heavy atom. The average Bonchev–Trinajstić information content (AvgIpc) is 2.93. The van der Waals surface area contributed by atoms with E-state index in [1.807, 2.05) is 11.2 Å². The number of ether oxygens (including phenoxy) is 1. The number of rotatable bonds is 5. The predicted molar refractivity (Wildman–Crippen MR) is 81.6 cm³/mol. The molecular formula is C15H15F3N4O3. The molecule has 3 N–H and O–H groups in total. The van der Waals surface area contributed by atoms with Crippen LogP contribution in [0.15, 0.2) is 30.3 Å². The van der Waals surface area contributed by atoms with Crippen molar-refractivity contribution in [3.63, 3.8) is 0 Å². The fourth-order valence-electron chi connectivity index (χ4n) is 1.90. The van der Waals surface area contributed by atoms with Gasteiger partial charge in [-0.15, -0.1) is 0 Å². The first-order chi connectivity index (χ1) is 11.8. The highest BCUT2D eigenvalue weighted by Gasteiger charge is 2.36. The van der Waals surface area contributed by atoms with Gasteiger partial charge in [-0.05, 0) is 12.5 Å². The molecular weight excluding hydrogens is 341 g/mol. The fourth-order valence-corrected chi connectivity index (χ4v) is 1.90. The lowest BCUT2D eigenvalue weighted by Crippen LogP contribution is -2.33. The number of carbonyl (C=O) groups is 2. The summed E-state index contributed by atoms with van der Waals surface area (Å²) in [5.74, 6) is -0.989. The summed E-state index contributed by atoms with van der Waals surface area (Å²) in [6, 6.07) is 8.91. The Hall–Kier alpha value is -3.04. The SMILES string of the molecule is Cc1c(NC(=O)CNC(=O)OCc2ccccc2)n[nH]c1C(F)(F)F. The number of nitrogens with one attached hydrogen (secondary N) is 3. The second-order valence-corrected chi connectivity index (χ2v) is 5.03. The van der Waals surface area contributed by atoms with Gasteiger partial charge >= 0.3 is 12.3 Å². The monoisotopic (exact) mass is 356 g/mol. The van der Waals surface area contributed by atoms with Crippen LogP contribution < -0.4 is 10.6 Å². The van der Waals surface area contributed by atoms with E-state index in [0.29, 0.717) is 0 Å². The summed E-state index contributed by atoms with van der Waals surface area (Å²) in [5.41, 5.74) is -0.514. The zero-order valence-corrected chi connectivity index (χ0v) is 13.1. The number of aromatic nitrogens is 2. The van der Waals surface area contributed by atoms with E-state index in [-0.39, 0.29) is 18.0 Å². The number of alkyl carbamates (subject to hydrolysis) is 1. The van der Waals surface area contributed by atoms with Gasteiger partial charge in [-0.2, -0.15) is 18.3 Å². The first-order valence-electron chi connectivity index (χ1n) is 7.14. The van der Waals surface area contributed by atoms with Gasteiger partial charge in [-0.3, -0.25) is 9.89 Å². The Morgan fingerprint density at radius 3 is 2.52 bits per heavy atom. The zero-order chi connectivity index (χ0) is 18.4. The van der Waals surface area contributed by atoms with Gasteiger partial charge in [0.25, 0.3) is 0 Å². The maximum atomic E-state index is 12.6. The van der Waals surface area contributed by atoms with E-state index in [2.05, 4.69) is 15.7 Å². The molecule has 134 valence electrons. The van der Waals surface area contributed by atoms with Crippen molar-refractivity contribution < 1.29 is 27.5 Å². The Morgan fingerprint density at radius 2 is 1.92 bits per heavy atom. The number of nitrogens with zero attached hydrogens (tertiary/aromatic N) is 1. The van der Waals surface area contributed by atoms with Crippen molar-refractivity contribution in [2.75, 3.05) is 11.9 Å². The van der Waals surface area contributed by atoms with Crippen LogP contribution in [-0.2, 0) is 22.3 Å². The number of benzene rings is 1. The van der Waals surface area contributed by atoms with Crippen molar-refractivity contribution in [3.05, 3.63) is 47.2 Å². The number of aromatic amines is 1. The lowest BCUT2D eigenvalue weighted by atomic mass is 10.2. The van der Waals surface area contributed by atoms with Crippen LogP contribution in [0.1, 0.15) is 16.8 Å². The van der Waals surface area contributed by atoms with Crippen LogP contribution >= 0.6 is 0 Å². The number of hydrogen-bond donors (Lipinski definition) is 3. The molecule has 1 heterocycles. The van der Waals surface area contributed by atoms with Gasteiger partial charge < -0.3 is 15.4 Å². The summed E-state index contributed by atoms with van der Waals surface area (Å²) in [6.45, 7) is 0.729. The molecule has 0 spiro atoms. The number of H-pyrrole nitrogens is 1. The van der Waals surface area contributed by atoms with Crippen molar-refractivity contribution in [2.24, 2.45) is 0 Å². The van der Waals surface area contributed by atoms with Crippen molar-refractivity contribution in [2.45, 2.75) is 19.7 Å². The van der Waals surface area contributed by atoms with Crippen molar-refractivity contribution in [3.8, 4) is 0 Å².